The lowest BCUT2D eigenvalue weighted by Gasteiger charge is -2.18. The molecular formula is C18H20BrN3O2. The summed E-state index contributed by atoms with van der Waals surface area (Å²) in [5, 5.41) is 5.49. The minimum absolute atomic E-state index is 0.0897. The van der Waals surface area contributed by atoms with Crippen LogP contribution in [0.4, 0.5) is 10.5 Å². The van der Waals surface area contributed by atoms with E-state index in [4.69, 9.17) is 5.73 Å². The Hall–Kier alpha value is -2.34. The van der Waals surface area contributed by atoms with Crippen LogP contribution >= 0.6 is 15.9 Å². The van der Waals surface area contributed by atoms with Gasteiger partial charge in [0.15, 0.2) is 0 Å². The van der Waals surface area contributed by atoms with Crippen LogP contribution in [0.25, 0.3) is 0 Å². The van der Waals surface area contributed by atoms with E-state index in [1.54, 1.807) is 0 Å². The highest BCUT2D eigenvalue weighted by atomic mass is 79.9. The molecule has 0 saturated heterocycles. The molecule has 0 aliphatic carbocycles. The van der Waals surface area contributed by atoms with Gasteiger partial charge in [0.05, 0.1) is 12.5 Å². The van der Waals surface area contributed by atoms with Crippen molar-refractivity contribution in [3.05, 3.63) is 63.6 Å². The highest BCUT2D eigenvalue weighted by Gasteiger charge is 2.18. The number of rotatable bonds is 5. The van der Waals surface area contributed by atoms with Gasteiger partial charge in [0.2, 0.25) is 5.91 Å². The molecule has 1 unspecified atom stereocenters. The number of aryl methyl sites for hydroxylation is 2. The first kappa shape index (κ1) is 18.0. The summed E-state index contributed by atoms with van der Waals surface area (Å²) in [4.78, 5) is 23.6. The Morgan fingerprint density at radius 3 is 2.38 bits per heavy atom. The standard InChI is InChI=1S/C18H20BrN3O2/c1-11-6-12(2)8-15(7-11)21-17(23)10-16(22-18(20)24)13-4-3-5-14(19)9-13/h3-9,16H,10H2,1-2H3,(H,21,23)(H3,20,22,24). The van der Waals surface area contributed by atoms with Crippen LogP contribution in [0, 0.1) is 13.8 Å². The second-order valence-corrected chi connectivity index (χ2v) is 6.66. The summed E-state index contributed by atoms with van der Waals surface area (Å²) in [6.07, 6.45) is 0.0897. The molecule has 0 aliphatic heterocycles. The third kappa shape index (κ3) is 5.38. The fraction of sp³-hybridized carbons (Fsp3) is 0.222. The third-order valence-corrected chi connectivity index (χ3v) is 3.96. The van der Waals surface area contributed by atoms with Crippen LogP contribution in [-0.4, -0.2) is 11.9 Å². The van der Waals surface area contributed by atoms with Crippen molar-refractivity contribution in [2.24, 2.45) is 5.73 Å². The van der Waals surface area contributed by atoms with E-state index >= 15 is 0 Å². The molecule has 2 rings (SSSR count). The minimum Gasteiger partial charge on any atom is -0.352 e. The van der Waals surface area contributed by atoms with Crippen molar-refractivity contribution >= 4 is 33.6 Å². The first-order valence-electron chi connectivity index (χ1n) is 7.53. The smallest absolute Gasteiger partial charge is 0.312 e. The Morgan fingerprint density at radius 1 is 1.12 bits per heavy atom. The van der Waals surface area contributed by atoms with E-state index in [2.05, 4.69) is 26.6 Å². The Morgan fingerprint density at radius 2 is 1.79 bits per heavy atom. The minimum atomic E-state index is -0.667. The van der Waals surface area contributed by atoms with Gasteiger partial charge >= 0.3 is 6.03 Å². The predicted octanol–water partition coefficient (Wildman–Crippen LogP) is 3.80. The van der Waals surface area contributed by atoms with E-state index in [0.29, 0.717) is 0 Å². The van der Waals surface area contributed by atoms with Gasteiger partial charge < -0.3 is 16.4 Å². The lowest BCUT2D eigenvalue weighted by Crippen LogP contribution is -2.35. The molecule has 4 N–H and O–H groups in total. The Labute approximate surface area is 149 Å². The molecule has 24 heavy (non-hydrogen) atoms. The van der Waals surface area contributed by atoms with E-state index in [1.165, 1.54) is 0 Å². The molecule has 0 heterocycles. The monoisotopic (exact) mass is 389 g/mol. The van der Waals surface area contributed by atoms with Gasteiger partial charge in [-0.15, -0.1) is 0 Å². The highest BCUT2D eigenvalue weighted by Crippen LogP contribution is 2.22. The predicted molar refractivity (Wildman–Crippen MR) is 98.8 cm³/mol. The SMILES string of the molecule is Cc1cc(C)cc(NC(=O)CC(NC(N)=O)c2cccc(Br)c2)c1. The van der Waals surface area contributed by atoms with Crippen LogP contribution in [0.5, 0.6) is 0 Å². The lowest BCUT2D eigenvalue weighted by molar-refractivity contribution is -0.116. The Bertz CT molecular complexity index is 741. The quantitative estimate of drug-likeness (QED) is 0.726. The van der Waals surface area contributed by atoms with Gasteiger partial charge in [-0.3, -0.25) is 4.79 Å². The van der Waals surface area contributed by atoms with E-state index in [-0.39, 0.29) is 12.3 Å². The maximum absolute atomic E-state index is 12.4. The molecule has 6 heteroatoms. The average molecular weight is 390 g/mol. The Balaban J connectivity index is 2.13. The molecule has 0 aliphatic rings. The molecule has 3 amide bonds. The number of carbonyl (C=O) groups excluding carboxylic acids is 2. The summed E-state index contributed by atoms with van der Waals surface area (Å²) in [5.74, 6) is -0.196. The molecule has 2 aromatic carbocycles. The van der Waals surface area contributed by atoms with E-state index in [9.17, 15) is 9.59 Å². The number of hydrogen-bond acceptors (Lipinski definition) is 2. The molecule has 126 valence electrons. The number of carbonyl (C=O) groups is 2. The summed E-state index contributed by atoms with van der Waals surface area (Å²) in [7, 11) is 0. The number of anilines is 1. The number of hydrogen-bond donors (Lipinski definition) is 3. The van der Waals surface area contributed by atoms with Crippen LogP contribution in [0.1, 0.15) is 29.2 Å². The first-order valence-corrected chi connectivity index (χ1v) is 8.32. The van der Waals surface area contributed by atoms with Crippen molar-refractivity contribution < 1.29 is 9.59 Å². The number of benzene rings is 2. The van der Waals surface area contributed by atoms with Gasteiger partial charge in [-0.2, -0.15) is 0 Å². The van der Waals surface area contributed by atoms with Gasteiger partial charge in [-0.1, -0.05) is 34.1 Å². The molecule has 2 aromatic rings. The van der Waals surface area contributed by atoms with Crippen molar-refractivity contribution in [3.8, 4) is 0 Å². The average Bonchev–Trinajstić information content (AvgIpc) is 2.44. The second kappa shape index (κ2) is 7.97. The van der Waals surface area contributed by atoms with E-state index in [1.807, 2.05) is 56.3 Å². The highest BCUT2D eigenvalue weighted by molar-refractivity contribution is 9.10. The van der Waals surface area contributed by atoms with Crippen molar-refractivity contribution in [1.82, 2.24) is 5.32 Å². The molecule has 1 atom stereocenters. The molecule has 0 aromatic heterocycles. The van der Waals surface area contributed by atoms with Gasteiger partial charge in [0.1, 0.15) is 0 Å². The summed E-state index contributed by atoms with van der Waals surface area (Å²) in [5.41, 5.74) is 8.93. The zero-order chi connectivity index (χ0) is 17.7. The van der Waals surface area contributed by atoms with Crippen LogP contribution in [-0.2, 0) is 4.79 Å². The number of amides is 3. The van der Waals surface area contributed by atoms with Gasteiger partial charge in [0, 0.05) is 10.2 Å². The molecule has 0 radical (unpaired) electrons. The van der Waals surface area contributed by atoms with Gasteiger partial charge in [-0.05, 0) is 54.8 Å². The summed E-state index contributed by atoms with van der Waals surface area (Å²) in [6, 6.07) is 12.1. The van der Waals surface area contributed by atoms with Crippen molar-refractivity contribution in [1.29, 1.82) is 0 Å². The molecule has 5 nitrogen and oxygen atoms in total. The second-order valence-electron chi connectivity index (χ2n) is 5.74. The van der Waals surface area contributed by atoms with Crippen molar-refractivity contribution in [2.75, 3.05) is 5.32 Å². The van der Waals surface area contributed by atoms with E-state index < -0.39 is 12.1 Å². The number of primary amides is 1. The largest absolute Gasteiger partial charge is 0.352 e. The summed E-state index contributed by atoms with van der Waals surface area (Å²) < 4.78 is 0.867. The number of nitrogens with two attached hydrogens (primary N) is 1. The third-order valence-electron chi connectivity index (χ3n) is 3.46. The Kier molecular flexibility index (Phi) is 5.98. The number of halogens is 1. The fourth-order valence-electron chi connectivity index (χ4n) is 2.59. The molecule has 0 saturated carbocycles. The topological polar surface area (TPSA) is 84.2 Å². The molecule has 0 fully saturated rings. The summed E-state index contributed by atoms with van der Waals surface area (Å²) in [6.45, 7) is 3.95. The zero-order valence-corrected chi connectivity index (χ0v) is 15.2. The number of urea groups is 1. The van der Waals surface area contributed by atoms with Crippen LogP contribution < -0.4 is 16.4 Å². The molecule has 0 bridgehead atoms. The maximum Gasteiger partial charge on any atom is 0.312 e. The summed E-state index contributed by atoms with van der Waals surface area (Å²) >= 11 is 3.39. The van der Waals surface area contributed by atoms with Gasteiger partial charge in [0.25, 0.3) is 0 Å². The van der Waals surface area contributed by atoms with Crippen LogP contribution in [0.15, 0.2) is 46.9 Å². The van der Waals surface area contributed by atoms with Crippen molar-refractivity contribution in [2.45, 2.75) is 26.3 Å². The lowest BCUT2D eigenvalue weighted by atomic mass is 10.0. The fourth-order valence-corrected chi connectivity index (χ4v) is 3.01. The normalized spacial score (nSPS) is 11.6. The molecule has 0 spiro atoms. The van der Waals surface area contributed by atoms with Crippen LogP contribution in [0.2, 0.25) is 0 Å². The van der Waals surface area contributed by atoms with Crippen molar-refractivity contribution in [3.63, 3.8) is 0 Å². The zero-order valence-electron chi connectivity index (χ0n) is 13.6. The van der Waals surface area contributed by atoms with Crippen LogP contribution in [0.3, 0.4) is 0 Å². The first-order chi connectivity index (χ1) is 11.3. The van der Waals surface area contributed by atoms with E-state index in [0.717, 1.165) is 26.9 Å². The maximum atomic E-state index is 12.4. The van der Waals surface area contributed by atoms with Gasteiger partial charge in [-0.25, -0.2) is 4.79 Å². The molecular weight excluding hydrogens is 370 g/mol. The number of nitrogens with one attached hydrogen (secondary N) is 2.